The highest BCUT2D eigenvalue weighted by Crippen LogP contribution is 2.26. The number of thiazole rings is 1. The summed E-state index contributed by atoms with van der Waals surface area (Å²) < 4.78 is 0. The van der Waals surface area contributed by atoms with Gasteiger partial charge in [0.15, 0.2) is 0 Å². The lowest BCUT2D eigenvalue weighted by Crippen LogP contribution is -2.10. The van der Waals surface area contributed by atoms with Crippen LogP contribution < -0.4 is 0 Å². The Bertz CT molecular complexity index is 580. The molecule has 2 aromatic heterocycles. The van der Waals surface area contributed by atoms with Crippen LogP contribution in [-0.4, -0.2) is 15.0 Å². The van der Waals surface area contributed by atoms with Crippen LogP contribution in [0.1, 0.15) is 40.6 Å². The van der Waals surface area contributed by atoms with E-state index in [1.807, 2.05) is 6.92 Å². The van der Waals surface area contributed by atoms with Crippen molar-refractivity contribution in [1.29, 1.82) is 0 Å². The fourth-order valence-electron chi connectivity index (χ4n) is 2.29. The summed E-state index contributed by atoms with van der Waals surface area (Å²) >= 11 is 7.90. The Kier molecular flexibility index (Phi) is 3.31. The van der Waals surface area contributed by atoms with Crippen LogP contribution in [0.15, 0.2) is 5.38 Å². The smallest absolute Gasteiger partial charge is 0.137 e. The van der Waals surface area contributed by atoms with E-state index in [0.717, 1.165) is 40.6 Å². The third-order valence-corrected chi connectivity index (χ3v) is 4.43. The first-order valence-electron chi connectivity index (χ1n) is 6.17. The number of aryl methyl sites for hydroxylation is 2. The van der Waals surface area contributed by atoms with Gasteiger partial charge in [-0.2, -0.15) is 0 Å². The zero-order valence-electron chi connectivity index (χ0n) is 10.2. The van der Waals surface area contributed by atoms with Crippen molar-refractivity contribution < 1.29 is 0 Å². The van der Waals surface area contributed by atoms with Crippen LogP contribution in [0.5, 0.6) is 0 Å². The third-order valence-electron chi connectivity index (χ3n) is 3.15. The summed E-state index contributed by atoms with van der Waals surface area (Å²) in [7, 11) is 0. The molecule has 0 radical (unpaired) electrons. The molecule has 0 fully saturated rings. The lowest BCUT2D eigenvalue weighted by molar-refractivity contribution is 0.655. The number of aromatic nitrogens is 3. The molecule has 3 nitrogen and oxygen atoms in total. The zero-order chi connectivity index (χ0) is 12.5. The minimum Gasteiger partial charge on any atom is -0.246 e. The van der Waals surface area contributed by atoms with Crippen LogP contribution in [0.25, 0.3) is 0 Å². The normalized spacial score (nSPS) is 14.6. The summed E-state index contributed by atoms with van der Waals surface area (Å²) in [6.07, 6.45) is 5.13. The summed E-state index contributed by atoms with van der Waals surface area (Å²) in [5.41, 5.74) is 3.35. The fraction of sp³-hybridized carbons (Fsp3) is 0.462. The molecular weight excluding hydrogens is 266 g/mol. The van der Waals surface area contributed by atoms with Crippen LogP contribution in [0.2, 0.25) is 5.15 Å². The van der Waals surface area contributed by atoms with Crippen molar-refractivity contribution in [3.8, 4) is 0 Å². The number of fused-ring (bicyclic) bond motifs is 1. The van der Waals surface area contributed by atoms with Gasteiger partial charge in [0.25, 0.3) is 0 Å². The van der Waals surface area contributed by atoms with Gasteiger partial charge < -0.3 is 0 Å². The van der Waals surface area contributed by atoms with E-state index in [4.69, 9.17) is 11.6 Å². The van der Waals surface area contributed by atoms with Gasteiger partial charge in [0.05, 0.1) is 6.42 Å². The number of nitrogens with zero attached hydrogens (tertiary/aromatic N) is 3. The third kappa shape index (κ3) is 2.40. The van der Waals surface area contributed by atoms with Gasteiger partial charge in [-0.1, -0.05) is 11.6 Å². The van der Waals surface area contributed by atoms with E-state index in [2.05, 4.69) is 20.3 Å². The highest BCUT2D eigenvalue weighted by Gasteiger charge is 2.17. The predicted molar refractivity (Wildman–Crippen MR) is 73.3 cm³/mol. The van der Waals surface area contributed by atoms with Gasteiger partial charge >= 0.3 is 0 Å². The summed E-state index contributed by atoms with van der Waals surface area (Å²) in [6, 6.07) is 0. The van der Waals surface area contributed by atoms with E-state index in [0.29, 0.717) is 11.6 Å². The lowest BCUT2D eigenvalue weighted by Gasteiger charge is -2.16. The largest absolute Gasteiger partial charge is 0.246 e. The topological polar surface area (TPSA) is 38.7 Å². The Balaban J connectivity index is 1.91. The molecule has 0 aliphatic heterocycles. The van der Waals surface area contributed by atoms with Crippen molar-refractivity contribution in [2.45, 2.75) is 39.0 Å². The highest BCUT2D eigenvalue weighted by molar-refractivity contribution is 7.09. The maximum atomic E-state index is 6.25. The van der Waals surface area contributed by atoms with Gasteiger partial charge in [0.2, 0.25) is 0 Å². The van der Waals surface area contributed by atoms with Crippen LogP contribution >= 0.6 is 22.9 Å². The number of rotatable bonds is 2. The molecule has 0 amide bonds. The summed E-state index contributed by atoms with van der Waals surface area (Å²) in [5, 5.41) is 3.75. The molecule has 0 unspecified atom stereocenters. The Morgan fingerprint density at radius 1 is 1.22 bits per heavy atom. The van der Waals surface area contributed by atoms with Crippen molar-refractivity contribution in [3.05, 3.63) is 38.3 Å². The quantitative estimate of drug-likeness (QED) is 0.791. The van der Waals surface area contributed by atoms with Crippen molar-refractivity contribution in [2.75, 3.05) is 0 Å². The molecule has 94 valence electrons. The second kappa shape index (κ2) is 4.94. The van der Waals surface area contributed by atoms with Crippen LogP contribution in [0, 0.1) is 6.92 Å². The summed E-state index contributed by atoms with van der Waals surface area (Å²) in [5.74, 6) is 0.801. The Morgan fingerprint density at radius 3 is 2.83 bits per heavy atom. The second-order valence-corrected chi connectivity index (χ2v) is 5.92. The van der Waals surface area contributed by atoms with Gasteiger partial charge in [0.1, 0.15) is 16.0 Å². The first kappa shape index (κ1) is 12.1. The molecule has 18 heavy (non-hydrogen) atoms. The Labute approximate surface area is 115 Å². The van der Waals surface area contributed by atoms with Crippen LogP contribution in [0.4, 0.5) is 0 Å². The van der Waals surface area contributed by atoms with Crippen molar-refractivity contribution >= 4 is 22.9 Å². The Hall–Kier alpha value is -1.00. The molecule has 1 aliphatic rings. The van der Waals surface area contributed by atoms with E-state index in [-0.39, 0.29) is 0 Å². The predicted octanol–water partition coefficient (Wildman–Crippen LogP) is 3.36. The first-order chi connectivity index (χ1) is 8.72. The molecule has 1 aliphatic carbocycles. The van der Waals surface area contributed by atoms with Gasteiger partial charge in [-0.25, -0.2) is 15.0 Å². The minimum atomic E-state index is 0.642. The maximum Gasteiger partial charge on any atom is 0.137 e. The minimum absolute atomic E-state index is 0.642. The number of hydrogen-bond acceptors (Lipinski definition) is 4. The molecule has 2 aromatic rings. The number of hydrogen-bond donors (Lipinski definition) is 0. The summed E-state index contributed by atoms with van der Waals surface area (Å²) in [4.78, 5) is 13.5. The van der Waals surface area contributed by atoms with Crippen LogP contribution in [-0.2, 0) is 19.3 Å². The molecule has 5 heteroatoms. The average molecular weight is 280 g/mol. The molecule has 0 bridgehead atoms. The lowest BCUT2D eigenvalue weighted by atomic mass is 9.97. The van der Waals surface area contributed by atoms with Crippen molar-refractivity contribution in [2.24, 2.45) is 0 Å². The summed E-state index contributed by atoms with van der Waals surface area (Å²) in [6.45, 7) is 2.00. The van der Waals surface area contributed by atoms with Crippen LogP contribution in [0.3, 0.4) is 0 Å². The molecule has 3 rings (SSSR count). The van der Waals surface area contributed by atoms with Crippen molar-refractivity contribution in [3.63, 3.8) is 0 Å². The number of halogens is 1. The molecule has 0 aromatic carbocycles. The molecular formula is C13H14ClN3S. The first-order valence-corrected chi connectivity index (χ1v) is 7.43. The Morgan fingerprint density at radius 2 is 2.06 bits per heavy atom. The molecule has 0 saturated carbocycles. The zero-order valence-corrected chi connectivity index (χ0v) is 11.8. The van der Waals surface area contributed by atoms with E-state index in [1.54, 1.807) is 11.3 Å². The standard InChI is InChI=1S/C13H14ClN3S/c1-8-7-18-12(15-8)6-11-16-10-5-3-2-4-9(10)13(14)17-11/h7H,2-6H2,1H3. The fourth-order valence-corrected chi connectivity index (χ4v) is 3.36. The monoisotopic (exact) mass is 279 g/mol. The second-order valence-electron chi connectivity index (χ2n) is 4.62. The molecule has 0 N–H and O–H groups in total. The van der Waals surface area contributed by atoms with Crippen molar-refractivity contribution in [1.82, 2.24) is 15.0 Å². The van der Waals surface area contributed by atoms with E-state index < -0.39 is 0 Å². The van der Waals surface area contributed by atoms with Gasteiger partial charge in [-0.3, -0.25) is 0 Å². The van der Waals surface area contributed by atoms with Gasteiger partial charge in [-0.05, 0) is 32.6 Å². The van der Waals surface area contributed by atoms with E-state index in [1.165, 1.54) is 12.8 Å². The van der Waals surface area contributed by atoms with E-state index >= 15 is 0 Å². The SMILES string of the molecule is Cc1csc(Cc2nc(Cl)c3c(n2)CCCC3)n1. The van der Waals surface area contributed by atoms with Gasteiger partial charge in [-0.15, -0.1) is 11.3 Å². The average Bonchev–Trinajstić information content (AvgIpc) is 2.75. The molecule has 0 atom stereocenters. The molecule has 2 heterocycles. The van der Waals surface area contributed by atoms with E-state index in [9.17, 15) is 0 Å². The molecule has 0 spiro atoms. The molecule has 0 saturated heterocycles. The highest BCUT2D eigenvalue weighted by atomic mass is 35.5. The van der Waals surface area contributed by atoms with Gasteiger partial charge in [0, 0.05) is 22.3 Å². The maximum absolute atomic E-state index is 6.25.